The Balaban J connectivity index is 2.37. The molecule has 0 aromatic rings. The summed E-state index contributed by atoms with van der Waals surface area (Å²) in [6, 6.07) is 0. The molecular weight excluding hydrogens is 212 g/mol. The fourth-order valence-electron chi connectivity index (χ4n) is 3.69. The van der Waals surface area contributed by atoms with Crippen LogP contribution in [0.15, 0.2) is 12.2 Å². The molecule has 0 bridgehead atoms. The molecule has 0 heterocycles. The van der Waals surface area contributed by atoms with Crippen molar-refractivity contribution in [1.29, 1.82) is 0 Å². The first-order valence-electron chi connectivity index (χ1n) is 6.75. The van der Waals surface area contributed by atoms with E-state index >= 15 is 0 Å². The Morgan fingerprint density at radius 2 is 2.00 bits per heavy atom. The Hall–Kier alpha value is -0.630. The number of rotatable bonds is 1. The molecular formula is C15H24O2. The van der Waals surface area contributed by atoms with Gasteiger partial charge in [-0.3, -0.25) is 4.79 Å². The highest BCUT2D eigenvalue weighted by Gasteiger charge is 2.55. The minimum atomic E-state index is -1.12. The first-order valence-corrected chi connectivity index (χ1v) is 6.75. The maximum absolute atomic E-state index is 12.6. The second kappa shape index (κ2) is 3.94. The molecule has 0 aromatic carbocycles. The molecule has 3 atom stereocenters. The van der Waals surface area contributed by atoms with Crippen LogP contribution in [0.5, 0.6) is 0 Å². The third kappa shape index (κ3) is 1.77. The maximum Gasteiger partial charge on any atom is 0.172 e. The van der Waals surface area contributed by atoms with Crippen molar-refractivity contribution < 1.29 is 9.90 Å². The van der Waals surface area contributed by atoms with Crippen molar-refractivity contribution in [2.75, 3.05) is 0 Å². The Kier molecular flexibility index (Phi) is 2.97. The number of aliphatic hydroxyl groups is 1. The van der Waals surface area contributed by atoms with Gasteiger partial charge in [0.1, 0.15) is 5.60 Å². The van der Waals surface area contributed by atoms with Gasteiger partial charge in [0.05, 0.1) is 0 Å². The predicted molar refractivity (Wildman–Crippen MR) is 68.6 cm³/mol. The highest BCUT2D eigenvalue weighted by Crippen LogP contribution is 2.53. The zero-order valence-electron chi connectivity index (χ0n) is 11.3. The second-order valence-corrected chi connectivity index (χ2v) is 6.54. The van der Waals surface area contributed by atoms with E-state index in [1.165, 1.54) is 0 Å². The van der Waals surface area contributed by atoms with Gasteiger partial charge in [-0.15, -0.1) is 0 Å². The summed E-state index contributed by atoms with van der Waals surface area (Å²) in [5.74, 6) is -0.0855. The molecule has 2 saturated carbocycles. The van der Waals surface area contributed by atoms with E-state index in [-0.39, 0.29) is 23.0 Å². The second-order valence-electron chi connectivity index (χ2n) is 6.54. The summed E-state index contributed by atoms with van der Waals surface area (Å²) < 4.78 is 0. The van der Waals surface area contributed by atoms with Gasteiger partial charge in [-0.25, -0.2) is 0 Å². The number of ketones is 1. The Morgan fingerprint density at radius 3 is 2.59 bits per heavy atom. The molecule has 2 rings (SSSR count). The number of Topliss-reactive ketones (excluding diaryl/α,β-unsaturated/α-hetero) is 1. The van der Waals surface area contributed by atoms with Crippen molar-refractivity contribution in [1.82, 2.24) is 0 Å². The lowest BCUT2D eigenvalue weighted by atomic mass is 9.54. The number of allylic oxidation sites excluding steroid dienone is 1. The van der Waals surface area contributed by atoms with E-state index in [1.807, 2.05) is 13.8 Å². The fourth-order valence-corrected chi connectivity index (χ4v) is 3.69. The lowest BCUT2D eigenvalue weighted by molar-refractivity contribution is -0.160. The molecule has 0 saturated heterocycles. The van der Waals surface area contributed by atoms with Gasteiger partial charge in [-0.2, -0.15) is 0 Å². The van der Waals surface area contributed by atoms with Gasteiger partial charge < -0.3 is 5.11 Å². The first-order chi connectivity index (χ1) is 7.81. The van der Waals surface area contributed by atoms with Crippen LogP contribution in [0.1, 0.15) is 52.9 Å². The number of fused-ring (bicyclic) bond motifs is 1. The van der Waals surface area contributed by atoms with Gasteiger partial charge >= 0.3 is 0 Å². The van der Waals surface area contributed by atoms with Crippen LogP contribution in [0.2, 0.25) is 0 Å². The van der Waals surface area contributed by atoms with Crippen LogP contribution in [-0.4, -0.2) is 16.5 Å². The summed E-state index contributed by atoms with van der Waals surface area (Å²) in [4.78, 5) is 12.6. The van der Waals surface area contributed by atoms with Crippen LogP contribution in [0.3, 0.4) is 0 Å². The van der Waals surface area contributed by atoms with Crippen LogP contribution in [-0.2, 0) is 4.79 Å². The van der Waals surface area contributed by atoms with Gasteiger partial charge in [0.25, 0.3) is 0 Å². The average Bonchev–Trinajstić information content (AvgIpc) is 2.24. The summed E-state index contributed by atoms with van der Waals surface area (Å²) in [5, 5.41) is 10.6. The molecule has 2 aliphatic rings. The van der Waals surface area contributed by atoms with E-state index in [0.29, 0.717) is 6.42 Å². The van der Waals surface area contributed by atoms with Crippen LogP contribution in [0, 0.1) is 17.3 Å². The largest absolute Gasteiger partial charge is 0.382 e. The molecule has 0 aliphatic heterocycles. The Morgan fingerprint density at radius 1 is 1.35 bits per heavy atom. The summed E-state index contributed by atoms with van der Waals surface area (Å²) >= 11 is 0. The Bertz CT molecular complexity index is 358. The lowest BCUT2D eigenvalue weighted by Gasteiger charge is -2.51. The predicted octanol–water partition coefficient (Wildman–Crippen LogP) is 3.10. The Labute approximate surface area is 104 Å². The van der Waals surface area contributed by atoms with Crippen LogP contribution < -0.4 is 0 Å². The third-order valence-corrected chi connectivity index (χ3v) is 5.07. The molecule has 2 nitrogen and oxygen atoms in total. The molecule has 1 N–H and O–H groups in total. The first kappa shape index (κ1) is 12.8. The average molecular weight is 236 g/mol. The van der Waals surface area contributed by atoms with E-state index in [9.17, 15) is 9.90 Å². The standard InChI is InChI=1S/C15H24O2/c1-10(2)15(17)9-8-14(4)7-5-6-11(3)12(14)13(15)16/h10,12,17H,3,5-9H2,1-2,4H3/t12-,14-,15-/m1/s1. The van der Waals surface area contributed by atoms with Crippen LogP contribution in [0.4, 0.5) is 0 Å². The zero-order chi connectivity index (χ0) is 12.8. The summed E-state index contributed by atoms with van der Waals surface area (Å²) in [6.45, 7) is 10.2. The molecule has 2 heteroatoms. The summed E-state index contributed by atoms with van der Waals surface area (Å²) in [6.07, 6.45) is 4.73. The minimum absolute atomic E-state index is 0.00530. The fraction of sp³-hybridized carbons (Fsp3) is 0.800. The van der Waals surface area contributed by atoms with Crippen molar-refractivity contribution in [2.45, 2.75) is 58.5 Å². The van der Waals surface area contributed by atoms with Crippen molar-refractivity contribution >= 4 is 5.78 Å². The molecule has 0 radical (unpaired) electrons. The molecule has 0 unspecified atom stereocenters. The molecule has 17 heavy (non-hydrogen) atoms. The SMILES string of the molecule is C=C1CCC[C@]2(C)CC[C@@](O)(C(C)C)C(=O)[C@@H]12. The van der Waals surface area contributed by atoms with Gasteiger partial charge in [0.15, 0.2) is 5.78 Å². The van der Waals surface area contributed by atoms with Crippen molar-refractivity contribution in [3.8, 4) is 0 Å². The molecule has 2 fully saturated rings. The van der Waals surface area contributed by atoms with E-state index in [0.717, 1.165) is 31.3 Å². The molecule has 2 aliphatic carbocycles. The summed E-state index contributed by atoms with van der Waals surface area (Å²) in [5.41, 5.74) is -0.0274. The monoisotopic (exact) mass is 236 g/mol. The van der Waals surface area contributed by atoms with E-state index in [4.69, 9.17) is 0 Å². The van der Waals surface area contributed by atoms with Crippen molar-refractivity contribution in [3.05, 3.63) is 12.2 Å². The van der Waals surface area contributed by atoms with Crippen molar-refractivity contribution in [3.63, 3.8) is 0 Å². The van der Waals surface area contributed by atoms with Crippen molar-refractivity contribution in [2.24, 2.45) is 17.3 Å². The number of carbonyl (C=O) groups excluding carboxylic acids is 1. The molecule has 0 aromatic heterocycles. The number of carbonyl (C=O) groups is 1. The van der Waals surface area contributed by atoms with E-state index in [1.54, 1.807) is 0 Å². The van der Waals surface area contributed by atoms with Gasteiger partial charge in [0, 0.05) is 5.92 Å². The smallest absolute Gasteiger partial charge is 0.172 e. The number of hydrogen-bond acceptors (Lipinski definition) is 2. The lowest BCUT2D eigenvalue weighted by Crippen LogP contribution is -2.57. The topological polar surface area (TPSA) is 37.3 Å². The minimum Gasteiger partial charge on any atom is -0.382 e. The molecule has 96 valence electrons. The van der Waals surface area contributed by atoms with Crippen LogP contribution >= 0.6 is 0 Å². The van der Waals surface area contributed by atoms with Gasteiger partial charge in [-0.05, 0) is 43.4 Å². The highest BCUT2D eigenvalue weighted by molar-refractivity contribution is 5.93. The highest BCUT2D eigenvalue weighted by atomic mass is 16.3. The quantitative estimate of drug-likeness (QED) is 0.710. The third-order valence-electron chi connectivity index (χ3n) is 5.07. The van der Waals surface area contributed by atoms with Crippen LogP contribution in [0.25, 0.3) is 0 Å². The van der Waals surface area contributed by atoms with Gasteiger partial charge in [-0.1, -0.05) is 32.9 Å². The number of hydrogen-bond donors (Lipinski definition) is 1. The van der Waals surface area contributed by atoms with E-state index < -0.39 is 5.60 Å². The van der Waals surface area contributed by atoms with E-state index in [2.05, 4.69) is 13.5 Å². The molecule has 0 spiro atoms. The normalized spacial score (nSPS) is 42.8. The van der Waals surface area contributed by atoms with Gasteiger partial charge in [0.2, 0.25) is 0 Å². The zero-order valence-corrected chi connectivity index (χ0v) is 11.3. The maximum atomic E-state index is 12.6. The molecule has 0 amide bonds. The summed E-state index contributed by atoms with van der Waals surface area (Å²) in [7, 11) is 0.